The van der Waals surface area contributed by atoms with Crippen molar-refractivity contribution in [3.05, 3.63) is 30.3 Å². The van der Waals surface area contributed by atoms with E-state index in [0.29, 0.717) is 19.6 Å². The number of unbranched alkanes of at least 4 members (excludes halogenated alkanes) is 2. The molecule has 31 heavy (non-hydrogen) atoms. The van der Waals surface area contributed by atoms with E-state index >= 15 is 0 Å². The van der Waals surface area contributed by atoms with Crippen molar-refractivity contribution in [1.29, 1.82) is 0 Å². The van der Waals surface area contributed by atoms with Crippen LogP contribution in [-0.4, -0.2) is 80.1 Å². The number of hydrogen-bond donors (Lipinski definition) is 2. The minimum atomic E-state index is -5.08. The van der Waals surface area contributed by atoms with Crippen LogP contribution in [0, 0.1) is 0 Å². The molecule has 8 nitrogen and oxygen atoms in total. The summed E-state index contributed by atoms with van der Waals surface area (Å²) in [5, 5.41) is 10.3. The van der Waals surface area contributed by atoms with E-state index < -0.39 is 22.2 Å². The molecule has 1 amide bonds. The highest BCUT2D eigenvalue weighted by molar-refractivity contribution is 7.89. The Labute approximate surface area is 180 Å². The number of carbonyl (C=O) groups is 2. The number of benzene rings is 1. The van der Waals surface area contributed by atoms with Crippen LogP contribution in [0.5, 0.6) is 0 Å². The Hall–Kier alpha value is -2.18. The van der Waals surface area contributed by atoms with E-state index in [1.54, 1.807) is 35.2 Å². The van der Waals surface area contributed by atoms with E-state index in [-0.39, 0.29) is 17.3 Å². The lowest BCUT2D eigenvalue weighted by Gasteiger charge is -2.30. The zero-order chi connectivity index (χ0) is 23.5. The number of hydrogen-bond acceptors (Lipinski definition) is 5. The van der Waals surface area contributed by atoms with Crippen LogP contribution in [0.4, 0.5) is 13.2 Å². The van der Waals surface area contributed by atoms with Gasteiger partial charge >= 0.3 is 12.1 Å². The summed E-state index contributed by atoms with van der Waals surface area (Å²) >= 11 is 0. The molecule has 0 aromatic heterocycles. The van der Waals surface area contributed by atoms with Crippen LogP contribution in [0.1, 0.15) is 26.2 Å². The molecule has 2 rings (SSSR count). The molecule has 1 fully saturated rings. The summed E-state index contributed by atoms with van der Waals surface area (Å²) < 4.78 is 58.8. The molecule has 1 aromatic carbocycles. The molecule has 176 valence electrons. The second-order valence-electron chi connectivity index (χ2n) is 6.79. The zero-order valence-electron chi connectivity index (χ0n) is 17.3. The largest absolute Gasteiger partial charge is 0.490 e. The third-order valence-electron chi connectivity index (χ3n) is 4.42. The second-order valence-corrected chi connectivity index (χ2v) is 8.73. The zero-order valence-corrected chi connectivity index (χ0v) is 18.1. The van der Waals surface area contributed by atoms with Crippen LogP contribution in [-0.2, 0) is 19.6 Å². The highest BCUT2D eigenvalue weighted by atomic mass is 32.2. The van der Waals surface area contributed by atoms with E-state index in [0.717, 1.165) is 32.4 Å². The van der Waals surface area contributed by atoms with Crippen LogP contribution in [0.2, 0.25) is 0 Å². The molecule has 0 radical (unpaired) electrons. The van der Waals surface area contributed by atoms with Crippen molar-refractivity contribution in [2.75, 3.05) is 39.3 Å². The average molecular weight is 468 g/mol. The number of carboxylic acid groups (broad SMARTS) is 1. The highest BCUT2D eigenvalue weighted by Gasteiger charge is 2.38. The Morgan fingerprint density at radius 1 is 1.13 bits per heavy atom. The summed E-state index contributed by atoms with van der Waals surface area (Å²) in [7, 11) is -3.65. The molecule has 0 atom stereocenters. The Balaban J connectivity index is 0.000000592. The van der Waals surface area contributed by atoms with E-state index in [2.05, 4.69) is 12.2 Å². The number of halogens is 3. The Bertz CT molecular complexity index is 798. The maximum absolute atomic E-state index is 12.9. The van der Waals surface area contributed by atoms with Gasteiger partial charge in [-0.15, -0.1) is 0 Å². The standard InChI is InChI=1S/C17H27N3O3S.C2HF3O2/c1-2-3-7-12-20(15-17(21)19-13-10-18-11-14-19)24(22,23)16-8-5-4-6-9-16;3-2(4,5)1(6)7/h4-6,8-9,18H,2-3,7,10-15H2,1H3;(H,6,7). The van der Waals surface area contributed by atoms with Gasteiger partial charge in [-0.25, -0.2) is 13.2 Å². The summed E-state index contributed by atoms with van der Waals surface area (Å²) in [6, 6.07) is 8.35. The molecular weight excluding hydrogens is 439 g/mol. The lowest BCUT2D eigenvalue weighted by atomic mass is 10.2. The molecule has 1 heterocycles. The number of sulfonamides is 1. The third-order valence-corrected chi connectivity index (χ3v) is 6.28. The van der Waals surface area contributed by atoms with E-state index in [1.165, 1.54) is 4.31 Å². The summed E-state index contributed by atoms with van der Waals surface area (Å²) in [6.07, 6.45) is -2.37. The van der Waals surface area contributed by atoms with Crippen molar-refractivity contribution >= 4 is 21.9 Å². The van der Waals surface area contributed by atoms with Crippen LogP contribution < -0.4 is 5.32 Å². The molecule has 0 aliphatic carbocycles. The van der Waals surface area contributed by atoms with Gasteiger partial charge in [0.1, 0.15) is 0 Å². The van der Waals surface area contributed by atoms with Gasteiger partial charge in [-0.05, 0) is 18.6 Å². The molecule has 1 saturated heterocycles. The number of nitrogens with one attached hydrogen (secondary N) is 1. The first kappa shape index (κ1) is 26.9. The molecule has 12 heteroatoms. The smallest absolute Gasteiger partial charge is 0.475 e. The molecule has 1 aliphatic rings. The maximum Gasteiger partial charge on any atom is 0.490 e. The van der Waals surface area contributed by atoms with Crippen LogP contribution in [0.25, 0.3) is 0 Å². The number of aliphatic carboxylic acids is 1. The van der Waals surface area contributed by atoms with Crippen molar-refractivity contribution in [3.63, 3.8) is 0 Å². The van der Waals surface area contributed by atoms with E-state index in [4.69, 9.17) is 9.90 Å². The molecular formula is C19H28F3N3O5S. The van der Waals surface area contributed by atoms with Gasteiger partial charge in [0.25, 0.3) is 0 Å². The first-order valence-corrected chi connectivity index (χ1v) is 11.3. The fraction of sp³-hybridized carbons (Fsp3) is 0.579. The molecule has 1 aromatic rings. The Morgan fingerprint density at radius 3 is 2.16 bits per heavy atom. The normalized spacial score (nSPS) is 14.7. The Morgan fingerprint density at radius 2 is 1.68 bits per heavy atom. The molecule has 0 unspecified atom stereocenters. The van der Waals surface area contributed by atoms with Gasteiger partial charge in [0.15, 0.2) is 0 Å². The molecule has 0 bridgehead atoms. The summed E-state index contributed by atoms with van der Waals surface area (Å²) in [4.78, 5) is 23.4. The average Bonchev–Trinajstić information content (AvgIpc) is 2.74. The fourth-order valence-electron chi connectivity index (χ4n) is 2.73. The number of amides is 1. The van der Waals surface area contributed by atoms with Gasteiger partial charge < -0.3 is 15.3 Å². The van der Waals surface area contributed by atoms with Gasteiger partial charge in [-0.1, -0.05) is 38.0 Å². The number of alkyl halides is 3. The van der Waals surface area contributed by atoms with Crippen LogP contribution in [0.3, 0.4) is 0 Å². The van der Waals surface area contributed by atoms with E-state index in [1.807, 2.05) is 0 Å². The van der Waals surface area contributed by atoms with Gasteiger partial charge in [0, 0.05) is 32.7 Å². The van der Waals surface area contributed by atoms with E-state index in [9.17, 15) is 26.4 Å². The number of piperazine rings is 1. The van der Waals surface area contributed by atoms with Gasteiger partial charge in [-0.3, -0.25) is 4.79 Å². The number of rotatable bonds is 8. The van der Waals surface area contributed by atoms with Gasteiger partial charge in [0.05, 0.1) is 11.4 Å². The summed E-state index contributed by atoms with van der Waals surface area (Å²) in [5.41, 5.74) is 0. The van der Waals surface area contributed by atoms with Gasteiger partial charge in [-0.2, -0.15) is 17.5 Å². The second kappa shape index (κ2) is 12.6. The highest BCUT2D eigenvalue weighted by Crippen LogP contribution is 2.17. The van der Waals surface area contributed by atoms with Crippen molar-refractivity contribution in [3.8, 4) is 0 Å². The number of carboxylic acids is 1. The molecule has 0 spiro atoms. The van der Waals surface area contributed by atoms with Crippen molar-refractivity contribution < 1.29 is 36.3 Å². The molecule has 0 saturated carbocycles. The van der Waals surface area contributed by atoms with Gasteiger partial charge in [0.2, 0.25) is 15.9 Å². The quantitative estimate of drug-likeness (QED) is 0.566. The predicted octanol–water partition coefficient (Wildman–Crippen LogP) is 1.93. The first-order chi connectivity index (χ1) is 14.5. The third kappa shape index (κ3) is 9.23. The van der Waals surface area contributed by atoms with Crippen molar-refractivity contribution in [1.82, 2.24) is 14.5 Å². The minimum Gasteiger partial charge on any atom is -0.475 e. The van der Waals surface area contributed by atoms with Crippen LogP contribution in [0.15, 0.2) is 35.2 Å². The maximum atomic E-state index is 12.9. The first-order valence-electron chi connectivity index (χ1n) is 9.84. The molecule has 1 aliphatic heterocycles. The lowest BCUT2D eigenvalue weighted by molar-refractivity contribution is -0.192. The van der Waals surface area contributed by atoms with Crippen molar-refractivity contribution in [2.24, 2.45) is 0 Å². The minimum absolute atomic E-state index is 0.0824. The lowest BCUT2D eigenvalue weighted by Crippen LogP contribution is -2.50. The topological polar surface area (TPSA) is 107 Å². The molecule has 2 N–H and O–H groups in total. The summed E-state index contributed by atoms with van der Waals surface area (Å²) in [6.45, 7) is 5.14. The monoisotopic (exact) mass is 467 g/mol. The SMILES string of the molecule is CCCCCN(CC(=O)N1CCNCC1)S(=O)(=O)c1ccccc1.O=C(O)C(F)(F)F. The fourth-order valence-corrected chi connectivity index (χ4v) is 4.18. The van der Waals surface area contributed by atoms with Crippen molar-refractivity contribution in [2.45, 2.75) is 37.3 Å². The van der Waals surface area contributed by atoms with Crippen LogP contribution >= 0.6 is 0 Å². The number of carbonyl (C=O) groups excluding carboxylic acids is 1. The predicted molar refractivity (Wildman–Crippen MR) is 108 cm³/mol. The summed E-state index contributed by atoms with van der Waals surface area (Å²) in [5.74, 6) is -2.87. The Kier molecular flexibility index (Phi) is 10.9. The number of nitrogens with zero attached hydrogens (tertiary/aromatic N) is 2.